The van der Waals surface area contributed by atoms with E-state index in [0.717, 1.165) is 36.2 Å². The van der Waals surface area contributed by atoms with Crippen LogP contribution in [0.25, 0.3) is 5.69 Å². The normalized spacial score (nSPS) is 20.5. The van der Waals surface area contributed by atoms with Crippen molar-refractivity contribution in [1.29, 1.82) is 0 Å². The number of likely N-dealkylation sites (N-methyl/N-ethyl adjacent to an activating group) is 1. The second kappa shape index (κ2) is 7.86. The Morgan fingerprint density at radius 2 is 1.97 bits per heavy atom. The first-order chi connectivity index (χ1) is 14.3. The predicted octanol–water partition coefficient (Wildman–Crippen LogP) is 1.55. The topological polar surface area (TPSA) is 98.6 Å². The minimum Gasteiger partial charge on any atom is -0.448 e. The van der Waals surface area contributed by atoms with Crippen LogP contribution < -0.4 is 0 Å². The molecule has 2 atom stereocenters. The lowest BCUT2D eigenvalue weighted by Crippen LogP contribution is -2.44. The number of rotatable bonds is 5. The molecule has 1 aromatic carbocycles. The highest BCUT2D eigenvalue weighted by atomic mass is 32.2. The number of esters is 1. The fraction of sp³-hybridized carbons (Fsp3) is 0.476. The molecule has 9 heteroatoms. The van der Waals surface area contributed by atoms with Gasteiger partial charge in [0.15, 0.2) is 21.6 Å². The predicted molar refractivity (Wildman–Crippen MR) is 110 cm³/mol. The molecule has 1 amide bonds. The second-order valence-corrected chi connectivity index (χ2v) is 10.2. The maximum absolute atomic E-state index is 12.8. The van der Waals surface area contributed by atoms with Gasteiger partial charge in [-0.1, -0.05) is 18.2 Å². The molecule has 1 saturated heterocycles. The number of aromatic nitrogens is 2. The van der Waals surface area contributed by atoms with E-state index in [0.29, 0.717) is 6.42 Å². The number of ether oxygens (including phenoxy) is 1. The maximum Gasteiger partial charge on any atom is 0.359 e. The highest BCUT2D eigenvalue weighted by Crippen LogP contribution is 2.28. The molecule has 30 heavy (non-hydrogen) atoms. The van der Waals surface area contributed by atoms with Crippen LogP contribution in [0.3, 0.4) is 0 Å². The summed E-state index contributed by atoms with van der Waals surface area (Å²) in [6, 6.07) is 9.22. The molecule has 0 saturated carbocycles. The van der Waals surface area contributed by atoms with Gasteiger partial charge >= 0.3 is 5.97 Å². The van der Waals surface area contributed by atoms with Crippen LogP contribution in [-0.4, -0.2) is 65.7 Å². The van der Waals surface area contributed by atoms with Crippen molar-refractivity contribution in [1.82, 2.24) is 14.7 Å². The van der Waals surface area contributed by atoms with E-state index in [2.05, 4.69) is 5.10 Å². The molecule has 0 bridgehead atoms. The van der Waals surface area contributed by atoms with Crippen molar-refractivity contribution in [3.8, 4) is 5.69 Å². The van der Waals surface area contributed by atoms with Crippen molar-refractivity contribution in [3.63, 3.8) is 0 Å². The molecule has 1 aliphatic heterocycles. The first-order valence-electron chi connectivity index (χ1n) is 10.1. The number of amides is 1. The minimum atomic E-state index is -3.11. The van der Waals surface area contributed by atoms with Crippen molar-refractivity contribution in [2.75, 3.05) is 18.6 Å². The van der Waals surface area contributed by atoms with Crippen LogP contribution in [0.2, 0.25) is 0 Å². The van der Waals surface area contributed by atoms with Gasteiger partial charge in [0.25, 0.3) is 5.91 Å². The van der Waals surface area contributed by atoms with Crippen LogP contribution in [0, 0.1) is 0 Å². The van der Waals surface area contributed by atoms with Gasteiger partial charge in [-0.25, -0.2) is 17.9 Å². The van der Waals surface area contributed by atoms with Gasteiger partial charge in [0.2, 0.25) is 0 Å². The molecule has 0 unspecified atom stereocenters. The van der Waals surface area contributed by atoms with E-state index in [4.69, 9.17) is 4.74 Å². The lowest BCUT2D eigenvalue weighted by Gasteiger charge is -2.26. The smallest absolute Gasteiger partial charge is 0.359 e. The average molecular weight is 432 g/mol. The Bertz CT molecular complexity index is 1080. The average Bonchev–Trinajstić information content (AvgIpc) is 3.42. The number of carbonyl (C=O) groups is 2. The van der Waals surface area contributed by atoms with Gasteiger partial charge in [0.05, 0.1) is 17.2 Å². The SMILES string of the molecule is C[C@H](OC(=O)c1nn(-c2ccccc2)c2c1CCC2)C(=O)N(C)[C@@H]1CCS(=O)(=O)C1. The molecule has 8 nitrogen and oxygen atoms in total. The van der Waals surface area contributed by atoms with E-state index in [-0.39, 0.29) is 23.2 Å². The van der Waals surface area contributed by atoms with Gasteiger partial charge in [-0.2, -0.15) is 5.10 Å². The van der Waals surface area contributed by atoms with Crippen LogP contribution in [0.4, 0.5) is 0 Å². The Hall–Kier alpha value is -2.68. The molecular weight excluding hydrogens is 406 g/mol. The van der Waals surface area contributed by atoms with E-state index in [1.807, 2.05) is 30.3 Å². The number of fused-ring (bicyclic) bond motifs is 1. The summed E-state index contributed by atoms with van der Waals surface area (Å²) >= 11 is 0. The van der Waals surface area contributed by atoms with Gasteiger partial charge < -0.3 is 9.64 Å². The zero-order chi connectivity index (χ0) is 21.5. The number of hydrogen-bond acceptors (Lipinski definition) is 6. The van der Waals surface area contributed by atoms with E-state index in [9.17, 15) is 18.0 Å². The summed E-state index contributed by atoms with van der Waals surface area (Å²) in [6.45, 7) is 1.51. The molecular formula is C21H25N3O5S. The lowest BCUT2D eigenvalue weighted by molar-refractivity contribution is -0.140. The second-order valence-electron chi connectivity index (χ2n) is 7.93. The number of sulfone groups is 1. The third kappa shape index (κ3) is 3.86. The quantitative estimate of drug-likeness (QED) is 0.666. The Morgan fingerprint density at radius 3 is 2.63 bits per heavy atom. The van der Waals surface area contributed by atoms with Crippen molar-refractivity contribution in [3.05, 3.63) is 47.3 Å². The standard InChI is InChI=1S/C21H25N3O5S/c1-14(20(25)23(2)16-11-12-30(27,28)13-16)29-21(26)19-17-9-6-10-18(17)24(22-19)15-7-4-3-5-8-15/h3-5,7-8,14,16H,6,9-13H2,1-2H3/t14-,16+/m0/s1. The number of hydrogen-bond donors (Lipinski definition) is 0. The third-order valence-corrected chi connectivity index (χ3v) is 7.61. The Balaban J connectivity index is 1.50. The molecule has 1 fully saturated rings. The van der Waals surface area contributed by atoms with E-state index in [1.165, 1.54) is 11.8 Å². The molecule has 4 rings (SSSR count). The Kier molecular flexibility index (Phi) is 5.40. The molecule has 1 aliphatic carbocycles. The van der Waals surface area contributed by atoms with Crippen molar-refractivity contribution >= 4 is 21.7 Å². The van der Waals surface area contributed by atoms with Crippen molar-refractivity contribution < 1.29 is 22.7 Å². The zero-order valence-corrected chi connectivity index (χ0v) is 17.9. The molecule has 0 spiro atoms. The van der Waals surface area contributed by atoms with Gasteiger partial charge in [-0.05, 0) is 44.7 Å². The minimum absolute atomic E-state index is 0.0507. The first-order valence-corrected chi connectivity index (χ1v) is 11.9. The summed E-state index contributed by atoms with van der Waals surface area (Å²) < 4.78 is 30.6. The van der Waals surface area contributed by atoms with Crippen LogP contribution in [0.15, 0.2) is 30.3 Å². The van der Waals surface area contributed by atoms with E-state index >= 15 is 0 Å². The third-order valence-electron chi connectivity index (χ3n) is 5.86. The summed E-state index contributed by atoms with van der Waals surface area (Å²) in [7, 11) is -1.56. The van der Waals surface area contributed by atoms with Crippen LogP contribution >= 0.6 is 0 Å². The first kappa shape index (κ1) is 20.6. The number of benzene rings is 1. The van der Waals surface area contributed by atoms with E-state index in [1.54, 1.807) is 11.7 Å². The zero-order valence-electron chi connectivity index (χ0n) is 17.1. The fourth-order valence-corrected chi connectivity index (χ4v) is 5.97. The number of carbonyl (C=O) groups excluding carboxylic acids is 2. The highest BCUT2D eigenvalue weighted by molar-refractivity contribution is 7.91. The summed E-state index contributed by atoms with van der Waals surface area (Å²) in [5.41, 5.74) is 3.00. The molecule has 2 aliphatic rings. The monoisotopic (exact) mass is 431 g/mol. The molecule has 0 N–H and O–H groups in total. The largest absolute Gasteiger partial charge is 0.448 e. The summed E-state index contributed by atoms with van der Waals surface area (Å²) in [5, 5.41) is 4.49. The van der Waals surface area contributed by atoms with Gasteiger partial charge in [-0.3, -0.25) is 4.79 Å². The summed E-state index contributed by atoms with van der Waals surface area (Å²) in [4.78, 5) is 26.9. The van der Waals surface area contributed by atoms with Gasteiger partial charge in [0.1, 0.15) is 0 Å². The highest BCUT2D eigenvalue weighted by Gasteiger charge is 2.36. The van der Waals surface area contributed by atoms with Crippen LogP contribution in [0.5, 0.6) is 0 Å². The van der Waals surface area contributed by atoms with Gasteiger partial charge in [0, 0.05) is 24.3 Å². The fourth-order valence-electron chi connectivity index (χ4n) is 4.20. The van der Waals surface area contributed by atoms with Crippen LogP contribution in [-0.2, 0) is 32.2 Å². The maximum atomic E-state index is 12.8. The number of para-hydroxylation sites is 1. The molecule has 2 heterocycles. The lowest BCUT2D eigenvalue weighted by atomic mass is 10.2. The van der Waals surface area contributed by atoms with Crippen molar-refractivity contribution in [2.45, 2.75) is 44.8 Å². The molecule has 2 aromatic rings. The summed E-state index contributed by atoms with van der Waals surface area (Å²) in [6.07, 6.45) is 1.89. The molecule has 160 valence electrons. The number of nitrogens with zero attached hydrogens (tertiary/aromatic N) is 3. The Labute approximate surface area is 175 Å². The molecule has 1 aromatic heterocycles. The molecule has 0 radical (unpaired) electrons. The van der Waals surface area contributed by atoms with E-state index < -0.39 is 27.8 Å². The van der Waals surface area contributed by atoms with Gasteiger partial charge in [-0.15, -0.1) is 0 Å². The van der Waals surface area contributed by atoms with Crippen LogP contribution in [0.1, 0.15) is 41.5 Å². The summed E-state index contributed by atoms with van der Waals surface area (Å²) in [5.74, 6) is -1.02. The van der Waals surface area contributed by atoms with Crippen molar-refractivity contribution in [2.24, 2.45) is 0 Å². The Morgan fingerprint density at radius 1 is 1.23 bits per heavy atom.